The van der Waals surface area contributed by atoms with Gasteiger partial charge in [0.15, 0.2) is 11.5 Å². The zero-order chi connectivity index (χ0) is 17.8. The maximum atomic E-state index is 12.5. The standard InChI is InChI=1S/C18H20ClN3O3/c1-24-16-8-7-13(9-17(16)25-2)20-18(23)15-10-14(21-22-15)11-3-5-12(19)6-4-11/h3-9,14-15,21-22H,10H2,1-2H3,(H,20,23). The summed E-state index contributed by atoms with van der Waals surface area (Å²) in [6.07, 6.45) is 0.640. The number of benzene rings is 2. The van der Waals surface area contributed by atoms with Crippen LogP contribution in [0.1, 0.15) is 18.0 Å². The van der Waals surface area contributed by atoms with Crippen LogP contribution in [-0.4, -0.2) is 26.2 Å². The van der Waals surface area contributed by atoms with E-state index >= 15 is 0 Å². The Morgan fingerprint density at radius 2 is 1.80 bits per heavy atom. The van der Waals surface area contributed by atoms with E-state index < -0.39 is 0 Å². The van der Waals surface area contributed by atoms with Crippen molar-refractivity contribution in [1.82, 2.24) is 10.9 Å². The van der Waals surface area contributed by atoms with Gasteiger partial charge in [-0.2, -0.15) is 0 Å². The van der Waals surface area contributed by atoms with Gasteiger partial charge in [0.1, 0.15) is 6.04 Å². The second kappa shape index (κ2) is 7.74. The first kappa shape index (κ1) is 17.5. The van der Waals surface area contributed by atoms with Gasteiger partial charge >= 0.3 is 0 Å². The predicted octanol–water partition coefficient (Wildman–Crippen LogP) is 2.90. The molecule has 1 saturated heterocycles. The highest BCUT2D eigenvalue weighted by molar-refractivity contribution is 6.30. The molecule has 3 N–H and O–H groups in total. The largest absolute Gasteiger partial charge is 0.493 e. The smallest absolute Gasteiger partial charge is 0.242 e. The van der Waals surface area contributed by atoms with Gasteiger partial charge in [0.2, 0.25) is 5.91 Å². The number of carbonyl (C=O) groups excluding carboxylic acids is 1. The number of ether oxygens (including phenoxy) is 2. The first-order valence-electron chi connectivity index (χ1n) is 7.90. The fraction of sp³-hybridized carbons (Fsp3) is 0.278. The van der Waals surface area contributed by atoms with E-state index in [4.69, 9.17) is 21.1 Å². The van der Waals surface area contributed by atoms with E-state index in [1.807, 2.05) is 24.3 Å². The molecule has 0 saturated carbocycles. The fourth-order valence-electron chi connectivity index (χ4n) is 2.79. The van der Waals surface area contributed by atoms with E-state index in [0.29, 0.717) is 28.6 Å². The number of methoxy groups -OCH3 is 2. The highest BCUT2D eigenvalue weighted by atomic mass is 35.5. The predicted molar refractivity (Wildman–Crippen MR) is 97.0 cm³/mol. The van der Waals surface area contributed by atoms with Crippen LogP contribution in [0.5, 0.6) is 11.5 Å². The molecule has 25 heavy (non-hydrogen) atoms. The summed E-state index contributed by atoms with van der Waals surface area (Å²) >= 11 is 5.91. The van der Waals surface area contributed by atoms with Crippen LogP contribution < -0.4 is 25.6 Å². The second-order valence-corrected chi connectivity index (χ2v) is 6.18. The fourth-order valence-corrected chi connectivity index (χ4v) is 2.91. The molecule has 1 amide bonds. The van der Waals surface area contributed by atoms with Crippen molar-refractivity contribution in [1.29, 1.82) is 0 Å². The SMILES string of the molecule is COc1ccc(NC(=O)C2CC(c3ccc(Cl)cc3)NN2)cc1OC. The molecule has 1 aliphatic rings. The van der Waals surface area contributed by atoms with Crippen molar-refractivity contribution in [2.24, 2.45) is 0 Å². The molecule has 132 valence electrons. The van der Waals surface area contributed by atoms with E-state index in [1.165, 1.54) is 0 Å². The summed E-state index contributed by atoms with van der Waals surface area (Å²) in [6, 6.07) is 12.6. The maximum Gasteiger partial charge on any atom is 0.242 e. The Morgan fingerprint density at radius 3 is 2.48 bits per heavy atom. The van der Waals surface area contributed by atoms with Crippen LogP contribution >= 0.6 is 11.6 Å². The molecule has 0 bridgehead atoms. The highest BCUT2D eigenvalue weighted by Gasteiger charge is 2.30. The summed E-state index contributed by atoms with van der Waals surface area (Å²) in [5.74, 6) is 1.07. The van der Waals surface area contributed by atoms with Gasteiger partial charge < -0.3 is 14.8 Å². The van der Waals surface area contributed by atoms with Gasteiger partial charge in [0, 0.05) is 22.8 Å². The third-order valence-corrected chi connectivity index (χ3v) is 4.40. The van der Waals surface area contributed by atoms with Gasteiger partial charge in [-0.05, 0) is 36.2 Å². The summed E-state index contributed by atoms with van der Waals surface area (Å²) in [5, 5.41) is 3.58. The lowest BCUT2D eigenvalue weighted by atomic mass is 10.0. The lowest BCUT2D eigenvalue weighted by Gasteiger charge is -2.13. The van der Waals surface area contributed by atoms with E-state index in [0.717, 1.165) is 5.56 Å². The first-order chi connectivity index (χ1) is 12.1. The summed E-state index contributed by atoms with van der Waals surface area (Å²) < 4.78 is 10.5. The Balaban J connectivity index is 1.63. The van der Waals surface area contributed by atoms with Crippen LogP contribution in [0, 0.1) is 0 Å². The molecule has 2 unspecified atom stereocenters. The number of hydrogen-bond acceptors (Lipinski definition) is 5. The quantitative estimate of drug-likeness (QED) is 0.763. The average Bonchev–Trinajstić information content (AvgIpc) is 3.12. The first-order valence-corrected chi connectivity index (χ1v) is 8.28. The molecule has 1 aliphatic heterocycles. The molecule has 1 heterocycles. The van der Waals surface area contributed by atoms with Crippen molar-refractivity contribution in [2.45, 2.75) is 18.5 Å². The van der Waals surface area contributed by atoms with Gasteiger partial charge in [-0.3, -0.25) is 4.79 Å². The van der Waals surface area contributed by atoms with E-state index in [-0.39, 0.29) is 18.0 Å². The zero-order valence-corrected chi connectivity index (χ0v) is 14.8. The summed E-state index contributed by atoms with van der Waals surface area (Å²) in [6.45, 7) is 0. The number of hydrazine groups is 1. The zero-order valence-electron chi connectivity index (χ0n) is 14.0. The van der Waals surface area contributed by atoms with Crippen LogP contribution in [-0.2, 0) is 4.79 Å². The molecule has 2 atom stereocenters. The molecule has 0 aliphatic carbocycles. The van der Waals surface area contributed by atoms with Crippen molar-refractivity contribution in [3.63, 3.8) is 0 Å². The minimum absolute atomic E-state index is 0.0541. The van der Waals surface area contributed by atoms with Crippen molar-refractivity contribution >= 4 is 23.2 Å². The van der Waals surface area contributed by atoms with Crippen LogP contribution in [0.25, 0.3) is 0 Å². The summed E-state index contributed by atoms with van der Waals surface area (Å²) in [5.41, 5.74) is 7.93. The minimum atomic E-state index is -0.339. The van der Waals surface area contributed by atoms with Gasteiger partial charge in [-0.15, -0.1) is 0 Å². The Hall–Kier alpha value is -2.28. The molecule has 7 heteroatoms. The van der Waals surface area contributed by atoms with Gasteiger partial charge in [0.05, 0.1) is 14.2 Å². The van der Waals surface area contributed by atoms with E-state index in [2.05, 4.69) is 16.2 Å². The summed E-state index contributed by atoms with van der Waals surface area (Å²) in [4.78, 5) is 12.5. The van der Waals surface area contributed by atoms with E-state index in [1.54, 1.807) is 32.4 Å². The minimum Gasteiger partial charge on any atom is -0.493 e. The van der Waals surface area contributed by atoms with Crippen molar-refractivity contribution in [2.75, 3.05) is 19.5 Å². The molecule has 2 aromatic rings. The molecule has 0 radical (unpaired) electrons. The number of rotatable bonds is 5. The van der Waals surface area contributed by atoms with Crippen LogP contribution in [0.4, 0.5) is 5.69 Å². The Labute approximate surface area is 151 Å². The average molecular weight is 362 g/mol. The molecule has 6 nitrogen and oxygen atoms in total. The molecular formula is C18H20ClN3O3. The number of nitrogens with one attached hydrogen (secondary N) is 3. The molecule has 1 fully saturated rings. The number of anilines is 1. The third kappa shape index (κ3) is 4.04. The Kier molecular flexibility index (Phi) is 5.43. The third-order valence-electron chi connectivity index (χ3n) is 4.14. The topological polar surface area (TPSA) is 71.6 Å². The van der Waals surface area contributed by atoms with Gasteiger partial charge in [-0.25, -0.2) is 10.9 Å². The number of carbonyl (C=O) groups is 1. The molecule has 0 aromatic heterocycles. The molecular weight excluding hydrogens is 342 g/mol. The normalized spacial score (nSPS) is 19.5. The maximum absolute atomic E-state index is 12.5. The van der Waals surface area contributed by atoms with E-state index in [9.17, 15) is 4.79 Å². The highest BCUT2D eigenvalue weighted by Crippen LogP contribution is 2.30. The summed E-state index contributed by atoms with van der Waals surface area (Å²) in [7, 11) is 3.13. The number of halogens is 1. The van der Waals surface area contributed by atoms with Crippen molar-refractivity contribution in [3.8, 4) is 11.5 Å². The monoisotopic (exact) mass is 361 g/mol. The van der Waals surface area contributed by atoms with Crippen molar-refractivity contribution in [3.05, 3.63) is 53.1 Å². The molecule has 3 rings (SSSR count). The molecule has 2 aromatic carbocycles. The number of hydrogen-bond donors (Lipinski definition) is 3. The van der Waals surface area contributed by atoms with Crippen LogP contribution in [0.15, 0.2) is 42.5 Å². The van der Waals surface area contributed by atoms with Crippen molar-refractivity contribution < 1.29 is 14.3 Å². The lowest BCUT2D eigenvalue weighted by Crippen LogP contribution is -2.39. The van der Waals surface area contributed by atoms with Gasteiger partial charge in [-0.1, -0.05) is 23.7 Å². The molecule has 0 spiro atoms. The lowest BCUT2D eigenvalue weighted by molar-refractivity contribution is -0.117. The van der Waals surface area contributed by atoms with Crippen LogP contribution in [0.3, 0.4) is 0 Å². The van der Waals surface area contributed by atoms with Gasteiger partial charge in [0.25, 0.3) is 0 Å². The second-order valence-electron chi connectivity index (χ2n) is 5.74. The Bertz CT molecular complexity index is 752. The number of amides is 1. The van der Waals surface area contributed by atoms with Crippen LogP contribution in [0.2, 0.25) is 5.02 Å². The Morgan fingerprint density at radius 1 is 1.08 bits per heavy atom.